The van der Waals surface area contributed by atoms with E-state index in [0.29, 0.717) is 0 Å². The lowest BCUT2D eigenvalue weighted by Gasteiger charge is -2.10. The van der Waals surface area contributed by atoms with Crippen LogP contribution in [0.1, 0.15) is 5.69 Å². The van der Waals surface area contributed by atoms with Gasteiger partial charge in [0.1, 0.15) is 0 Å². The SMILES string of the molecule is Cc1cnc2c3ccc(Br)cc3c3cc(Br)ccc3c2n1. The van der Waals surface area contributed by atoms with Crippen molar-refractivity contribution in [2.75, 3.05) is 0 Å². The smallest absolute Gasteiger partial charge is 0.0974 e. The lowest BCUT2D eigenvalue weighted by molar-refractivity contribution is 1.19. The second kappa shape index (κ2) is 4.75. The number of hydrogen-bond acceptors (Lipinski definition) is 2. The number of aromatic nitrogens is 2. The molecule has 0 saturated carbocycles. The zero-order chi connectivity index (χ0) is 14.6. The van der Waals surface area contributed by atoms with Crippen LogP contribution in [0.3, 0.4) is 0 Å². The van der Waals surface area contributed by atoms with Gasteiger partial charge >= 0.3 is 0 Å². The Bertz CT molecular complexity index is 1030. The first-order valence-electron chi connectivity index (χ1n) is 6.57. The normalized spacial score (nSPS) is 11.6. The summed E-state index contributed by atoms with van der Waals surface area (Å²) in [5, 5.41) is 4.64. The highest BCUT2D eigenvalue weighted by molar-refractivity contribution is 9.10. The first kappa shape index (κ1) is 13.2. The van der Waals surface area contributed by atoms with Crippen LogP contribution in [0.25, 0.3) is 32.6 Å². The molecule has 102 valence electrons. The molecule has 0 aliphatic heterocycles. The van der Waals surface area contributed by atoms with Crippen molar-refractivity contribution in [2.24, 2.45) is 0 Å². The molecular weight excluding hydrogens is 392 g/mol. The van der Waals surface area contributed by atoms with Crippen LogP contribution >= 0.6 is 31.9 Å². The molecule has 1 heterocycles. The topological polar surface area (TPSA) is 25.8 Å². The van der Waals surface area contributed by atoms with E-state index in [1.165, 1.54) is 10.8 Å². The molecule has 0 saturated heterocycles. The fraction of sp³-hybridized carbons (Fsp3) is 0.0588. The second-order valence-corrected chi connectivity index (χ2v) is 6.92. The number of rotatable bonds is 0. The minimum atomic E-state index is 0.934. The Kier molecular flexibility index (Phi) is 2.98. The maximum absolute atomic E-state index is 4.72. The van der Waals surface area contributed by atoms with Crippen molar-refractivity contribution in [3.8, 4) is 0 Å². The predicted octanol–water partition coefficient (Wildman–Crippen LogP) is 5.77. The highest BCUT2D eigenvalue weighted by Crippen LogP contribution is 2.35. The van der Waals surface area contributed by atoms with E-state index in [2.05, 4.69) is 67.2 Å². The molecule has 4 aromatic rings. The summed E-state index contributed by atoms with van der Waals surface area (Å²) in [7, 11) is 0. The van der Waals surface area contributed by atoms with Gasteiger partial charge in [-0.1, -0.05) is 44.0 Å². The predicted molar refractivity (Wildman–Crippen MR) is 94.7 cm³/mol. The number of hydrogen-bond donors (Lipinski definition) is 0. The monoisotopic (exact) mass is 400 g/mol. The molecule has 0 unspecified atom stereocenters. The Labute approximate surface area is 138 Å². The molecular formula is C17H10Br2N2. The van der Waals surface area contributed by atoms with E-state index in [4.69, 9.17) is 4.98 Å². The van der Waals surface area contributed by atoms with E-state index in [-0.39, 0.29) is 0 Å². The third-order valence-electron chi connectivity index (χ3n) is 3.66. The molecule has 4 heteroatoms. The van der Waals surface area contributed by atoms with E-state index in [9.17, 15) is 0 Å². The molecule has 0 aliphatic rings. The average Bonchev–Trinajstić information content (AvgIpc) is 2.47. The number of aryl methyl sites for hydroxylation is 1. The third kappa shape index (κ3) is 2.05. The molecule has 0 atom stereocenters. The van der Waals surface area contributed by atoms with Crippen LogP contribution in [0.4, 0.5) is 0 Å². The van der Waals surface area contributed by atoms with Gasteiger partial charge in [-0.3, -0.25) is 4.98 Å². The molecule has 0 bridgehead atoms. The van der Waals surface area contributed by atoms with Gasteiger partial charge in [-0.2, -0.15) is 0 Å². The van der Waals surface area contributed by atoms with Gasteiger partial charge in [-0.25, -0.2) is 4.98 Å². The van der Waals surface area contributed by atoms with Crippen molar-refractivity contribution < 1.29 is 0 Å². The van der Waals surface area contributed by atoms with Gasteiger partial charge < -0.3 is 0 Å². The molecule has 3 aromatic carbocycles. The van der Waals surface area contributed by atoms with Crippen LogP contribution in [-0.4, -0.2) is 9.97 Å². The lowest BCUT2D eigenvalue weighted by atomic mass is 9.99. The van der Waals surface area contributed by atoms with Gasteiger partial charge in [-0.15, -0.1) is 0 Å². The largest absolute Gasteiger partial charge is 0.252 e. The molecule has 21 heavy (non-hydrogen) atoms. The van der Waals surface area contributed by atoms with Gasteiger partial charge in [0.25, 0.3) is 0 Å². The number of benzene rings is 3. The van der Waals surface area contributed by atoms with Crippen molar-refractivity contribution >= 4 is 64.4 Å². The van der Waals surface area contributed by atoms with Crippen molar-refractivity contribution in [1.29, 1.82) is 0 Å². The standard InChI is InChI=1S/C17H10Br2N2/c1-9-8-20-16-12-4-2-10(18)6-14(12)15-7-11(19)3-5-13(15)17(16)21-9/h2-8H,1H3. The summed E-state index contributed by atoms with van der Waals surface area (Å²) in [6, 6.07) is 12.6. The van der Waals surface area contributed by atoms with Crippen molar-refractivity contribution in [3.05, 3.63) is 57.2 Å². The Hall–Kier alpha value is -1.52. The Morgan fingerprint density at radius 1 is 0.762 bits per heavy atom. The van der Waals surface area contributed by atoms with E-state index in [1.807, 2.05) is 19.2 Å². The summed E-state index contributed by atoms with van der Waals surface area (Å²) >= 11 is 7.13. The Balaban J connectivity index is 2.39. The zero-order valence-electron chi connectivity index (χ0n) is 11.2. The van der Waals surface area contributed by atoms with Crippen LogP contribution in [-0.2, 0) is 0 Å². The van der Waals surface area contributed by atoms with Crippen LogP contribution in [0.15, 0.2) is 51.5 Å². The Morgan fingerprint density at radius 2 is 1.33 bits per heavy atom. The van der Waals surface area contributed by atoms with E-state index in [0.717, 1.165) is 36.4 Å². The maximum atomic E-state index is 4.72. The fourth-order valence-electron chi connectivity index (χ4n) is 2.75. The van der Waals surface area contributed by atoms with Gasteiger partial charge in [0, 0.05) is 25.9 Å². The summed E-state index contributed by atoms with van der Waals surface area (Å²) in [5.74, 6) is 0. The minimum absolute atomic E-state index is 0.934. The van der Waals surface area contributed by atoms with Gasteiger partial charge in [-0.05, 0) is 42.0 Å². The van der Waals surface area contributed by atoms with Crippen molar-refractivity contribution in [1.82, 2.24) is 9.97 Å². The van der Waals surface area contributed by atoms with Gasteiger partial charge in [0.05, 0.1) is 16.7 Å². The van der Waals surface area contributed by atoms with Crippen LogP contribution < -0.4 is 0 Å². The van der Waals surface area contributed by atoms with Crippen molar-refractivity contribution in [3.63, 3.8) is 0 Å². The molecule has 0 fully saturated rings. The molecule has 2 nitrogen and oxygen atoms in total. The van der Waals surface area contributed by atoms with Crippen LogP contribution in [0.5, 0.6) is 0 Å². The quantitative estimate of drug-likeness (QED) is 0.349. The van der Waals surface area contributed by atoms with E-state index in [1.54, 1.807) is 0 Å². The lowest BCUT2D eigenvalue weighted by Crippen LogP contribution is -1.91. The first-order valence-corrected chi connectivity index (χ1v) is 8.16. The molecule has 1 aromatic heterocycles. The highest BCUT2D eigenvalue weighted by atomic mass is 79.9. The molecule has 0 amide bonds. The van der Waals surface area contributed by atoms with Gasteiger partial charge in [0.15, 0.2) is 0 Å². The highest BCUT2D eigenvalue weighted by Gasteiger charge is 2.11. The summed E-state index contributed by atoms with van der Waals surface area (Å²) in [6.07, 6.45) is 1.83. The number of nitrogens with zero attached hydrogens (tertiary/aromatic N) is 2. The van der Waals surface area contributed by atoms with E-state index >= 15 is 0 Å². The van der Waals surface area contributed by atoms with Crippen LogP contribution in [0.2, 0.25) is 0 Å². The third-order valence-corrected chi connectivity index (χ3v) is 4.64. The minimum Gasteiger partial charge on any atom is -0.252 e. The summed E-state index contributed by atoms with van der Waals surface area (Å²) in [5.41, 5.74) is 2.86. The molecule has 0 N–H and O–H groups in total. The summed E-state index contributed by atoms with van der Waals surface area (Å²) in [4.78, 5) is 9.34. The molecule has 4 rings (SSSR count). The Morgan fingerprint density at radius 3 is 1.95 bits per heavy atom. The van der Waals surface area contributed by atoms with Crippen LogP contribution in [0, 0.1) is 6.92 Å². The number of fused-ring (bicyclic) bond motifs is 6. The zero-order valence-corrected chi connectivity index (χ0v) is 14.4. The maximum Gasteiger partial charge on any atom is 0.0974 e. The summed E-state index contributed by atoms with van der Waals surface area (Å²) < 4.78 is 2.13. The summed E-state index contributed by atoms with van der Waals surface area (Å²) in [6.45, 7) is 1.98. The van der Waals surface area contributed by atoms with Gasteiger partial charge in [0.2, 0.25) is 0 Å². The first-order chi connectivity index (χ1) is 10.1. The molecule has 0 spiro atoms. The molecule has 0 aliphatic carbocycles. The average molecular weight is 402 g/mol. The van der Waals surface area contributed by atoms with E-state index < -0.39 is 0 Å². The molecule has 0 radical (unpaired) electrons. The fourth-order valence-corrected chi connectivity index (χ4v) is 3.48. The van der Waals surface area contributed by atoms with Crippen molar-refractivity contribution in [2.45, 2.75) is 6.92 Å². The number of halogens is 2. The second-order valence-electron chi connectivity index (χ2n) is 5.09.